The van der Waals surface area contributed by atoms with E-state index in [1.54, 1.807) is 16.9 Å². The normalized spacial score (nSPS) is 15.7. The second-order valence-electron chi connectivity index (χ2n) is 7.22. The molecular weight excluding hydrogens is 426 g/mol. The van der Waals surface area contributed by atoms with Crippen LogP contribution in [0.1, 0.15) is 12.8 Å². The van der Waals surface area contributed by atoms with Crippen LogP contribution in [0.15, 0.2) is 65.7 Å². The highest BCUT2D eigenvalue weighted by Gasteiger charge is 2.32. The minimum atomic E-state index is -3.96. The van der Waals surface area contributed by atoms with Gasteiger partial charge in [0, 0.05) is 31.3 Å². The van der Waals surface area contributed by atoms with Gasteiger partial charge in [0.25, 0.3) is 0 Å². The summed E-state index contributed by atoms with van der Waals surface area (Å²) in [6.45, 7) is 0.218. The molecule has 2 heterocycles. The fourth-order valence-electron chi connectivity index (χ4n) is 3.49. The van der Waals surface area contributed by atoms with Crippen LogP contribution in [0, 0.1) is 17.6 Å². The summed E-state index contributed by atoms with van der Waals surface area (Å²) in [5.41, 5.74) is 0.860. The van der Waals surface area contributed by atoms with E-state index < -0.39 is 21.7 Å². The number of carbonyl (C=O) groups excluding carboxylic acids is 1. The van der Waals surface area contributed by atoms with E-state index in [1.807, 2.05) is 30.3 Å². The van der Waals surface area contributed by atoms with E-state index in [2.05, 4.69) is 10.4 Å². The lowest BCUT2D eigenvalue weighted by atomic mass is 9.97. The maximum Gasteiger partial charge on any atom is 0.243 e. The lowest BCUT2D eigenvalue weighted by Gasteiger charge is -2.30. The Morgan fingerprint density at radius 3 is 2.39 bits per heavy atom. The van der Waals surface area contributed by atoms with Gasteiger partial charge in [-0.25, -0.2) is 21.9 Å². The predicted molar refractivity (Wildman–Crippen MR) is 110 cm³/mol. The van der Waals surface area contributed by atoms with Crippen LogP contribution in [0.5, 0.6) is 0 Å². The average Bonchev–Trinajstić information content (AvgIpc) is 3.24. The van der Waals surface area contributed by atoms with Crippen molar-refractivity contribution in [2.45, 2.75) is 17.7 Å². The van der Waals surface area contributed by atoms with E-state index in [0.717, 1.165) is 17.8 Å². The number of amides is 1. The summed E-state index contributed by atoms with van der Waals surface area (Å²) in [7, 11) is -3.96. The highest BCUT2D eigenvalue weighted by molar-refractivity contribution is 7.89. The SMILES string of the molecule is O=C(Nc1ccn(-c2ccccc2)n1)C1CCN(S(=O)(=O)c2ccc(F)c(F)c2)CC1. The van der Waals surface area contributed by atoms with Crippen molar-refractivity contribution in [1.29, 1.82) is 0 Å². The number of piperidine rings is 1. The van der Waals surface area contributed by atoms with Crippen molar-refractivity contribution in [3.05, 3.63) is 72.4 Å². The van der Waals surface area contributed by atoms with Gasteiger partial charge >= 0.3 is 0 Å². The number of sulfonamides is 1. The zero-order valence-corrected chi connectivity index (χ0v) is 17.2. The number of benzene rings is 2. The van der Waals surface area contributed by atoms with Gasteiger partial charge in [-0.2, -0.15) is 9.40 Å². The lowest BCUT2D eigenvalue weighted by molar-refractivity contribution is -0.120. The van der Waals surface area contributed by atoms with E-state index in [0.29, 0.717) is 24.7 Å². The fraction of sp³-hybridized carbons (Fsp3) is 0.238. The summed E-state index contributed by atoms with van der Waals surface area (Å²) in [6.07, 6.45) is 2.37. The Kier molecular flexibility index (Phi) is 5.84. The summed E-state index contributed by atoms with van der Waals surface area (Å²) in [5, 5.41) is 7.11. The van der Waals surface area contributed by atoms with Crippen LogP contribution in [0.25, 0.3) is 5.69 Å². The van der Waals surface area contributed by atoms with E-state index in [4.69, 9.17) is 0 Å². The molecule has 0 radical (unpaired) electrons. The van der Waals surface area contributed by atoms with E-state index >= 15 is 0 Å². The molecule has 0 unspecified atom stereocenters. The summed E-state index contributed by atoms with van der Waals surface area (Å²) >= 11 is 0. The van der Waals surface area contributed by atoms with Gasteiger partial charge in [-0.05, 0) is 43.2 Å². The Bertz CT molecular complexity index is 1190. The molecule has 1 aliphatic heterocycles. The Labute approximate surface area is 178 Å². The molecule has 0 aliphatic carbocycles. The second kappa shape index (κ2) is 8.56. The van der Waals surface area contributed by atoms with Crippen LogP contribution in [-0.2, 0) is 14.8 Å². The highest BCUT2D eigenvalue weighted by Crippen LogP contribution is 2.25. The van der Waals surface area contributed by atoms with Gasteiger partial charge < -0.3 is 5.32 Å². The number of nitrogens with one attached hydrogen (secondary N) is 1. The molecule has 1 saturated heterocycles. The molecule has 0 bridgehead atoms. The van der Waals surface area contributed by atoms with Crippen LogP contribution in [0.4, 0.5) is 14.6 Å². The van der Waals surface area contributed by atoms with Gasteiger partial charge in [-0.1, -0.05) is 18.2 Å². The third-order valence-electron chi connectivity index (χ3n) is 5.21. The van der Waals surface area contributed by atoms with Gasteiger partial charge in [0.1, 0.15) is 0 Å². The molecule has 1 aliphatic rings. The monoisotopic (exact) mass is 446 g/mol. The Balaban J connectivity index is 1.37. The van der Waals surface area contributed by atoms with E-state index in [1.165, 1.54) is 4.31 Å². The average molecular weight is 446 g/mol. The number of aromatic nitrogens is 2. The van der Waals surface area contributed by atoms with Crippen LogP contribution in [0.2, 0.25) is 0 Å². The maximum atomic E-state index is 13.4. The number of carbonyl (C=O) groups is 1. The van der Waals surface area contributed by atoms with Crippen LogP contribution in [-0.4, -0.2) is 41.5 Å². The fourth-order valence-corrected chi connectivity index (χ4v) is 4.97. The molecule has 10 heteroatoms. The van der Waals surface area contributed by atoms with Crippen molar-refractivity contribution in [2.24, 2.45) is 5.92 Å². The summed E-state index contributed by atoms with van der Waals surface area (Å²) in [4.78, 5) is 12.3. The Hall–Kier alpha value is -3.11. The van der Waals surface area contributed by atoms with Gasteiger partial charge in [-0.15, -0.1) is 0 Å². The zero-order chi connectivity index (χ0) is 22.0. The third kappa shape index (κ3) is 4.49. The van der Waals surface area contributed by atoms with Crippen LogP contribution < -0.4 is 5.32 Å². The molecule has 1 N–H and O–H groups in total. The molecule has 1 aromatic heterocycles. The number of nitrogens with zero attached hydrogens (tertiary/aromatic N) is 3. The number of halogens is 2. The Morgan fingerprint density at radius 1 is 1.00 bits per heavy atom. The molecule has 0 atom stereocenters. The highest BCUT2D eigenvalue weighted by atomic mass is 32.2. The van der Waals surface area contributed by atoms with Crippen LogP contribution >= 0.6 is 0 Å². The molecule has 4 rings (SSSR count). The smallest absolute Gasteiger partial charge is 0.243 e. The van der Waals surface area contributed by atoms with E-state index in [-0.39, 0.29) is 29.8 Å². The van der Waals surface area contributed by atoms with Crippen molar-refractivity contribution in [2.75, 3.05) is 18.4 Å². The number of para-hydroxylation sites is 1. The van der Waals surface area contributed by atoms with Gasteiger partial charge in [-0.3, -0.25) is 4.79 Å². The predicted octanol–water partition coefficient (Wildman–Crippen LogP) is 3.19. The quantitative estimate of drug-likeness (QED) is 0.653. The van der Waals surface area contributed by atoms with Crippen molar-refractivity contribution in [1.82, 2.24) is 14.1 Å². The first kappa shape index (κ1) is 21.1. The third-order valence-corrected chi connectivity index (χ3v) is 7.11. The number of rotatable bonds is 5. The maximum absolute atomic E-state index is 13.4. The number of hydrogen-bond donors (Lipinski definition) is 1. The largest absolute Gasteiger partial charge is 0.309 e. The first-order valence-corrected chi connectivity index (χ1v) is 11.2. The van der Waals surface area contributed by atoms with Crippen molar-refractivity contribution < 1.29 is 22.0 Å². The second-order valence-corrected chi connectivity index (χ2v) is 9.16. The lowest BCUT2D eigenvalue weighted by Crippen LogP contribution is -2.41. The molecule has 3 aromatic rings. The first-order chi connectivity index (χ1) is 14.8. The van der Waals surface area contributed by atoms with Gasteiger partial charge in [0.15, 0.2) is 17.5 Å². The molecule has 7 nitrogen and oxygen atoms in total. The van der Waals surface area contributed by atoms with Crippen molar-refractivity contribution >= 4 is 21.7 Å². The molecule has 31 heavy (non-hydrogen) atoms. The minimum absolute atomic E-state index is 0.109. The zero-order valence-electron chi connectivity index (χ0n) is 16.4. The standard InChI is InChI=1S/C21H20F2N4O3S/c22-18-7-6-17(14-19(18)23)31(29,30)26-11-8-15(9-12-26)21(28)24-20-10-13-27(25-20)16-4-2-1-3-5-16/h1-7,10,13-15H,8-9,11-12H2,(H,24,25,28). The number of hydrogen-bond acceptors (Lipinski definition) is 4. The van der Waals surface area contributed by atoms with Gasteiger partial charge in [0.2, 0.25) is 15.9 Å². The number of anilines is 1. The Morgan fingerprint density at radius 2 is 1.71 bits per heavy atom. The molecule has 1 amide bonds. The van der Waals surface area contributed by atoms with E-state index in [9.17, 15) is 22.0 Å². The topological polar surface area (TPSA) is 84.3 Å². The summed E-state index contributed by atoms with van der Waals surface area (Å²) in [6, 6.07) is 13.6. The summed E-state index contributed by atoms with van der Waals surface area (Å²) in [5.74, 6) is -2.53. The van der Waals surface area contributed by atoms with Gasteiger partial charge in [0.05, 0.1) is 10.6 Å². The first-order valence-electron chi connectivity index (χ1n) is 9.72. The van der Waals surface area contributed by atoms with Crippen molar-refractivity contribution in [3.8, 4) is 5.69 Å². The molecule has 0 spiro atoms. The molecule has 0 saturated carbocycles. The molecular formula is C21H20F2N4O3S. The molecule has 1 fully saturated rings. The molecule has 2 aromatic carbocycles. The molecule has 162 valence electrons. The minimum Gasteiger partial charge on any atom is -0.309 e. The van der Waals surface area contributed by atoms with Crippen LogP contribution in [0.3, 0.4) is 0 Å². The van der Waals surface area contributed by atoms with Crippen molar-refractivity contribution in [3.63, 3.8) is 0 Å². The summed E-state index contributed by atoms with van der Waals surface area (Å²) < 4.78 is 54.7.